The topological polar surface area (TPSA) is 41.9 Å². The monoisotopic (exact) mass is 254 g/mol. The maximum atomic E-state index is 4.54. The highest BCUT2D eigenvalue weighted by molar-refractivity contribution is 5.08. The van der Waals surface area contributed by atoms with Crippen LogP contribution >= 0.6 is 0 Å². The van der Waals surface area contributed by atoms with Crippen LogP contribution in [0.4, 0.5) is 0 Å². The summed E-state index contributed by atoms with van der Waals surface area (Å²) in [6.45, 7) is 5.06. The highest BCUT2D eigenvalue weighted by atomic mass is 15.2. The molecule has 0 spiro atoms. The van der Waals surface area contributed by atoms with E-state index in [1.54, 1.807) is 0 Å². The van der Waals surface area contributed by atoms with Crippen LogP contribution in [0.5, 0.6) is 0 Å². The molecule has 98 valence electrons. The average molecular weight is 254 g/mol. The van der Waals surface area contributed by atoms with Crippen molar-refractivity contribution in [1.82, 2.24) is 19.9 Å². The van der Waals surface area contributed by atoms with Gasteiger partial charge < -0.3 is 0 Å². The van der Waals surface area contributed by atoms with Crippen LogP contribution in [0.2, 0.25) is 0 Å². The molecule has 4 nitrogen and oxygen atoms in total. The van der Waals surface area contributed by atoms with Crippen molar-refractivity contribution in [3.63, 3.8) is 0 Å². The minimum absolute atomic E-state index is 0.462. The lowest BCUT2D eigenvalue weighted by molar-refractivity contribution is 0.321. The summed E-state index contributed by atoms with van der Waals surface area (Å²) in [5.41, 5.74) is 2.18. The first kappa shape index (κ1) is 12.2. The fourth-order valence-corrected chi connectivity index (χ4v) is 2.57. The molecule has 19 heavy (non-hydrogen) atoms. The van der Waals surface area contributed by atoms with Crippen LogP contribution in [0, 0.1) is 6.92 Å². The van der Waals surface area contributed by atoms with E-state index in [1.807, 2.05) is 37.5 Å². The van der Waals surface area contributed by atoms with Gasteiger partial charge in [0.25, 0.3) is 0 Å². The van der Waals surface area contributed by atoms with E-state index >= 15 is 0 Å². The van der Waals surface area contributed by atoms with Crippen molar-refractivity contribution < 1.29 is 0 Å². The van der Waals surface area contributed by atoms with Gasteiger partial charge in [-0.05, 0) is 38.1 Å². The van der Waals surface area contributed by atoms with E-state index in [1.165, 1.54) is 0 Å². The van der Waals surface area contributed by atoms with Crippen molar-refractivity contribution in [2.24, 2.45) is 0 Å². The Morgan fingerprint density at radius 2 is 2.16 bits per heavy atom. The van der Waals surface area contributed by atoms with E-state index in [0.717, 1.165) is 43.3 Å². The van der Waals surface area contributed by atoms with Gasteiger partial charge in [-0.15, -0.1) is 0 Å². The van der Waals surface area contributed by atoms with Gasteiger partial charge in [0.05, 0.1) is 5.69 Å². The van der Waals surface area contributed by atoms with Gasteiger partial charge in [0.1, 0.15) is 5.82 Å². The molecule has 0 radical (unpaired) electrons. The SMILES string of the molecule is Cc1ccnc([C@@H]2CCN(Cc3ccccn3)C2)n1. The smallest absolute Gasteiger partial charge is 0.132 e. The number of pyridine rings is 1. The molecule has 3 heterocycles. The normalized spacial score (nSPS) is 19.7. The van der Waals surface area contributed by atoms with Gasteiger partial charge in [0, 0.05) is 37.1 Å². The third-order valence-electron chi connectivity index (χ3n) is 3.56. The Bertz CT molecular complexity index is 541. The molecule has 1 saturated heterocycles. The average Bonchev–Trinajstić information content (AvgIpc) is 2.88. The number of aromatic nitrogens is 3. The number of hydrogen-bond donors (Lipinski definition) is 0. The van der Waals surface area contributed by atoms with Crippen molar-refractivity contribution in [1.29, 1.82) is 0 Å². The molecule has 0 saturated carbocycles. The Kier molecular flexibility index (Phi) is 3.51. The molecule has 1 aliphatic heterocycles. The zero-order valence-corrected chi connectivity index (χ0v) is 11.2. The summed E-state index contributed by atoms with van der Waals surface area (Å²) in [4.78, 5) is 15.8. The van der Waals surface area contributed by atoms with Gasteiger partial charge in [-0.2, -0.15) is 0 Å². The van der Waals surface area contributed by atoms with Crippen LogP contribution < -0.4 is 0 Å². The third-order valence-corrected chi connectivity index (χ3v) is 3.56. The molecular formula is C15H18N4. The van der Waals surface area contributed by atoms with Crippen LogP contribution in [0.3, 0.4) is 0 Å². The molecule has 0 unspecified atom stereocenters. The summed E-state index contributed by atoms with van der Waals surface area (Å²) < 4.78 is 0. The summed E-state index contributed by atoms with van der Waals surface area (Å²) in [5.74, 6) is 1.45. The Labute approximate surface area is 113 Å². The summed E-state index contributed by atoms with van der Waals surface area (Å²) >= 11 is 0. The lowest BCUT2D eigenvalue weighted by Gasteiger charge is -2.15. The van der Waals surface area contributed by atoms with Crippen LogP contribution in [-0.4, -0.2) is 32.9 Å². The van der Waals surface area contributed by atoms with Crippen LogP contribution in [0.25, 0.3) is 0 Å². The first-order valence-electron chi connectivity index (χ1n) is 6.73. The highest BCUT2D eigenvalue weighted by Gasteiger charge is 2.25. The molecule has 0 aromatic carbocycles. The zero-order valence-electron chi connectivity index (χ0n) is 11.2. The van der Waals surface area contributed by atoms with Crippen molar-refractivity contribution in [3.05, 3.63) is 53.9 Å². The van der Waals surface area contributed by atoms with Crippen LogP contribution in [0.15, 0.2) is 36.7 Å². The molecule has 3 rings (SSSR count). The molecule has 0 amide bonds. The molecule has 2 aromatic rings. The van der Waals surface area contributed by atoms with E-state index in [0.29, 0.717) is 5.92 Å². The molecule has 0 bridgehead atoms. The van der Waals surface area contributed by atoms with Gasteiger partial charge in [-0.25, -0.2) is 9.97 Å². The van der Waals surface area contributed by atoms with E-state index in [2.05, 4.69) is 25.9 Å². The van der Waals surface area contributed by atoms with Crippen molar-refractivity contribution in [2.45, 2.75) is 25.8 Å². The van der Waals surface area contributed by atoms with Gasteiger partial charge >= 0.3 is 0 Å². The Hall–Kier alpha value is -1.81. The molecule has 1 aliphatic rings. The Morgan fingerprint density at radius 1 is 1.21 bits per heavy atom. The summed E-state index contributed by atoms with van der Waals surface area (Å²) in [7, 11) is 0. The first-order chi connectivity index (χ1) is 9.31. The standard InChI is InChI=1S/C15H18N4/c1-12-5-8-17-15(18-12)13-6-9-19(10-13)11-14-4-2-3-7-16-14/h2-5,7-8,13H,6,9-11H2,1H3/t13-/m1/s1. The molecule has 1 atom stereocenters. The fraction of sp³-hybridized carbons (Fsp3) is 0.400. The molecule has 1 fully saturated rings. The van der Waals surface area contributed by atoms with E-state index in [4.69, 9.17) is 0 Å². The van der Waals surface area contributed by atoms with E-state index in [9.17, 15) is 0 Å². The lowest BCUT2D eigenvalue weighted by atomic mass is 10.1. The first-order valence-corrected chi connectivity index (χ1v) is 6.73. The number of likely N-dealkylation sites (tertiary alicyclic amines) is 1. The third kappa shape index (κ3) is 2.96. The van der Waals surface area contributed by atoms with Crippen molar-refractivity contribution in [2.75, 3.05) is 13.1 Å². The Morgan fingerprint density at radius 3 is 2.95 bits per heavy atom. The minimum Gasteiger partial charge on any atom is -0.297 e. The molecule has 0 N–H and O–H groups in total. The highest BCUT2D eigenvalue weighted by Crippen LogP contribution is 2.25. The van der Waals surface area contributed by atoms with Crippen LogP contribution in [0.1, 0.15) is 29.6 Å². The number of nitrogens with zero attached hydrogens (tertiary/aromatic N) is 4. The summed E-state index contributed by atoms with van der Waals surface area (Å²) in [6.07, 6.45) is 4.85. The summed E-state index contributed by atoms with van der Waals surface area (Å²) in [6, 6.07) is 8.02. The zero-order chi connectivity index (χ0) is 13.1. The second-order valence-corrected chi connectivity index (χ2v) is 5.10. The lowest BCUT2D eigenvalue weighted by Crippen LogP contribution is -2.20. The second-order valence-electron chi connectivity index (χ2n) is 5.10. The quantitative estimate of drug-likeness (QED) is 0.842. The van der Waals surface area contributed by atoms with Crippen LogP contribution in [-0.2, 0) is 6.54 Å². The van der Waals surface area contributed by atoms with Gasteiger partial charge in [0.2, 0.25) is 0 Å². The number of hydrogen-bond acceptors (Lipinski definition) is 4. The Balaban J connectivity index is 1.64. The molecule has 0 aliphatic carbocycles. The molecule has 2 aromatic heterocycles. The van der Waals surface area contributed by atoms with E-state index in [-0.39, 0.29) is 0 Å². The van der Waals surface area contributed by atoms with E-state index < -0.39 is 0 Å². The fourth-order valence-electron chi connectivity index (χ4n) is 2.57. The minimum atomic E-state index is 0.462. The molecule has 4 heteroatoms. The van der Waals surface area contributed by atoms with Gasteiger partial charge in [-0.3, -0.25) is 9.88 Å². The van der Waals surface area contributed by atoms with Gasteiger partial charge in [-0.1, -0.05) is 6.07 Å². The van der Waals surface area contributed by atoms with Gasteiger partial charge in [0.15, 0.2) is 0 Å². The maximum Gasteiger partial charge on any atom is 0.132 e. The second kappa shape index (κ2) is 5.45. The van der Waals surface area contributed by atoms with Crippen molar-refractivity contribution >= 4 is 0 Å². The number of aryl methyl sites for hydroxylation is 1. The summed E-state index contributed by atoms with van der Waals surface area (Å²) in [5, 5.41) is 0. The predicted octanol–water partition coefficient (Wildman–Crippen LogP) is 2.17. The largest absolute Gasteiger partial charge is 0.297 e. The predicted molar refractivity (Wildman–Crippen MR) is 73.6 cm³/mol. The number of rotatable bonds is 3. The maximum absolute atomic E-state index is 4.54. The molecular weight excluding hydrogens is 236 g/mol. The van der Waals surface area contributed by atoms with Crippen molar-refractivity contribution in [3.8, 4) is 0 Å².